The van der Waals surface area contributed by atoms with E-state index in [1.807, 2.05) is 11.9 Å². The molecule has 0 aromatic carbocycles. The number of hydrogen-bond acceptors (Lipinski definition) is 3. The van der Waals surface area contributed by atoms with E-state index in [1.54, 1.807) is 0 Å². The first-order valence-corrected chi connectivity index (χ1v) is 5.67. The molecule has 0 bridgehead atoms. The highest BCUT2D eigenvalue weighted by molar-refractivity contribution is 5.76. The van der Waals surface area contributed by atoms with Crippen molar-refractivity contribution >= 4 is 5.91 Å². The highest BCUT2D eigenvalue weighted by atomic mass is 16.5. The molecule has 1 fully saturated rings. The molecule has 1 rings (SSSR count). The normalized spacial score (nSPS) is 22.1. The zero-order valence-electron chi connectivity index (χ0n) is 9.95. The summed E-state index contributed by atoms with van der Waals surface area (Å²) in [4.78, 5) is 13.7. The molecule has 0 aliphatic carbocycles. The maximum atomic E-state index is 11.8. The number of hydrogen-bond donors (Lipinski definition) is 1. The van der Waals surface area contributed by atoms with Crippen molar-refractivity contribution in [3.8, 4) is 0 Å². The molecule has 0 radical (unpaired) electrons. The third kappa shape index (κ3) is 4.18. The summed E-state index contributed by atoms with van der Waals surface area (Å²) in [6.45, 7) is 7.09. The quantitative estimate of drug-likeness (QED) is 0.740. The summed E-state index contributed by atoms with van der Waals surface area (Å²) in [7, 11) is 1.90. The molecule has 0 aromatic heterocycles. The lowest BCUT2D eigenvalue weighted by atomic mass is 10.1. The molecule has 1 saturated heterocycles. The second kappa shape index (κ2) is 6.08. The Morgan fingerprint density at radius 3 is 2.93 bits per heavy atom. The molecular formula is C11H22N2O2. The van der Waals surface area contributed by atoms with Crippen LogP contribution in [0.2, 0.25) is 0 Å². The summed E-state index contributed by atoms with van der Waals surface area (Å²) < 4.78 is 5.55. The lowest BCUT2D eigenvalue weighted by Crippen LogP contribution is -2.48. The number of ether oxygens (including phenoxy) is 1. The minimum Gasteiger partial charge on any atom is -0.373 e. The zero-order valence-corrected chi connectivity index (χ0v) is 9.95. The first-order chi connectivity index (χ1) is 7.13. The third-order valence-electron chi connectivity index (χ3n) is 2.51. The molecule has 4 heteroatoms. The van der Waals surface area contributed by atoms with Gasteiger partial charge in [0.05, 0.1) is 12.7 Å². The van der Waals surface area contributed by atoms with Crippen molar-refractivity contribution in [3.63, 3.8) is 0 Å². The Kier molecular flexibility index (Phi) is 5.05. The third-order valence-corrected chi connectivity index (χ3v) is 2.51. The van der Waals surface area contributed by atoms with Crippen LogP contribution in [-0.2, 0) is 9.53 Å². The van der Waals surface area contributed by atoms with Crippen molar-refractivity contribution < 1.29 is 9.53 Å². The molecule has 0 spiro atoms. The smallest absolute Gasteiger partial charge is 0.222 e. The number of rotatable bonds is 4. The summed E-state index contributed by atoms with van der Waals surface area (Å²) >= 11 is 0. The molecule has 1 unspecified atom stereocenters. The van der Waals surface area contributed by atoms with Gasteiger partial charge in [0, 0.05) is 26.1 Å². The van der Waals surface area contributed by atoms with Gasteiger partial charge in [0.2, 0.25) is 5.91 Å². The molecule has 0 saturated carbocycles. The minimum atomic E-state index is 0.153. The number of morpholine rings is 1. The summed E-state index contributed by atoms with van der Waals surface area (Å²) in [5, 5.41) is 3.07. The van der Waals surface area contributed by atoms with Gasteiger partial charge in [0.1, 0.15) is 0 Å². The highest BCUT2D eigenvalue weighted by Gasteiger charge is 2.23. The number of carbonyl (C=O) groups excluding carboxylic acids is 1. The van der Waals surface area contributed by atoms with Gasteiger partial charge < -0.3 is 15.0 Å². The van der Waals surface area contributed by atoms with Crippen molar-refractivity contribution in [1.29, 1.82) is 0 Å². The average molecular weight is 214 g/mol. The number of nitrogens with one attached hydrogen (secondary N) is 1. The molecule has 0 aromatic rings. The van der Waals surface area contributed by atoms with Gasteiger partial charge in [-0.3, -0.25) is 4.79 Å². The van der Waals surface area contributed by atoms with Gasteiger partial charge in [0.15, 0.2) is 0 Å². The summed E-state index contributed by atoms with van der Waals surface area (Å²) in [5.41, 5.74) is 0. The van der Waals surface area contributed by atoms with Crippen LogP contribution in [0.5, 0.6) is 0 Å². The van der Waals surface area contributed by atoms with Gasteiger partial charge in [-0.05, 0) is 13.0 Å². The van der Waals surface area contributed by atoms with Crippen LogP contribution in [0.3, 0.4) is 0 Å². The molecule has 88 valence electrons. The highest BCUT2D eigenvalue weighted by Crippen LogP contribution is 2.09. The van der Waals surface area contributed by atoms with Gasteiger partial charge in [-0.25, -0.2) is 0 Å². The molecule has 15 heavy (non-hydrogen) atoms. The van der Waals surface area contributed by atoms with Crippen LogP contribution in [0.1, 0.15) is 20.3 Å². The van der Waals surface area contributed by atoms with Gasteiger partial charge in [0.25, 0.3) is 0 Å². The monoisotopic (exact) mass is 214 g/mol. The fraction of sp³-hybridized carbons (Fsp3) is 0.909. The van der Waals surface area contributed by atoms with E-state index in [9.17, 15) is 4.79 Å². The number of nitrogens with zero attached hydrogens (tertiary/aromatic N) is 1. The Hall–Kier alpha value is -0.610. The molecule has 1 heterocycles. The number of likely N-dealkylation sites (N-methyl/N-ethyl adjacent to an activating group) is 1. The van der Waals surface area contributed by atoms with Gasteiger partial charge in [-0.15, -0.1) is 0 Å². The second-order valence-corrected chi connectivity index (χ2v) is 4.49. The first-order valence-electron chi connectivity index (χ1n) is 5.67. The Morgan fingerprint density at radius 2 is 2.33 bits per heavy atom. The lowest BCUT2D eigenvalue weighted by molar-refractivity contribution is -0.139. The van der Waals surface area contributed by atoms with Gasteiger partial charge in [-0.1, -0.05) is 13.8 Å². The van der Waals surface area contributed by atoms with Crippen LogP contribution in [0.15, 0.2) is 0 Å². The van der Waals surface area contributed by atoms with Crippen LogP contribution < -0.4 is 5.32 Å². The van der Waals surface area contributed by atoms with Crippen LogP contribution in [-0.4, -0.2) is 50.2 Å². The Bertz CT molecular complexity index is 205. The van der Waals surface area contributed by atoms with E-state index in [1.165, 1.54) is 0 Å². The van der Waals surface area contributed by atoms with Crippen LogP contribution >= 0.6 is 0 Å². The van der Waals surface area contributed by atoms with E-state index in [4.69, 9.17) is 4.74 Å². The SMILES string of the molecule is CNCC1CN(C(=O)CC(C)C)CCO1. The van der Waals surface area contributed by atoms with Crippen LogP contribution in [0.25, 0.3) is 0 Å². The van der Waals surface area contributed by atoms with Crippen molar-refractivity contribution in [2.75, 3.05) is 33.3 Å². The van der Waals surface area contributed by atoms with E-state index in [0.29, 0.717) is 18.9 Å². The molecule has 1 aliphatic heterocycles. The summed E-state index contributed by atoms with van der Waals surface area (Å²) in [5.74, 6) is 0.692. The minimum absolute atomic E-state index is 0.153. The van der Waals surface area contributed by atoms with E-state index < -0.39 is 0 Å². The Morgan fingerprint density at radius 1 is 1.60 bits per heavy atom. The predicted octanol–water partition coefficient (Wildman–Crippen LogP) is 0.479. The largest absolute Gasteiger partial charge is 0.373 e. The lowest BCUT2D eigenvalue weighted by Gasteiger charge is -2.33. The van der Waals surface area contributed by atoms with Crippen molar-refractivity contribution in [2.24, 2.45) is 5.92 Å². The Balaban J connectivity index is 2.38. The first kappa shape index (κ1) is 12.5. The maximum Gasteiger partial charge on any atom is 0.222 e. The second-order valence-electron chi connectivity index (χ2n) is 4.49. The topological polar surface area (TPSA) is 41.6 Å². The average Bonchev–Trinajstić information content (AvgIpc) is 2.17. The van der Waals surface area contributed by atoms with Gasteiger partial charge in [-0.2, -0.15) is 0 Å². The van der Waals surface area contributed by atoms with Crippen molar-refractivity contribution in [3.05, 3.63) is 0 Å². The molecule has 1 atom stereocenters. The number of amides is 1. The van der Waals surface area contributed by atoms with Crippen LogP contribution in [0.4, 0.5) is 0 Å². The standard InChI is InChI=1S/C11H22N2O2/c1-9(2)6-11(14)13-4-5-15-10(8-13)7-12-3/h9-10,12H,4-8H2,1-3H3. The molecule has 1 aliphatic rings. The summed E-state index contributed by atoms with van der Waals surface area (Å²) in [6, 6.07) is 0. The van der Waals surface area contributed by atoms with E-state index >= 15 is 0 Å². The Labute approximate surface area is 92.0 Å². The van der Waals surface area contributed by atoms with Gasteiger partial charge >= 0.3 is 0 Å². The molecule has 1 N–H and O–H groups in total. The van der Waals surface area contributed by atoms with Crippen molar-refractivity contribution in [2.45, 2.75) is 26.4 Å². The predicted molar refractivity (Wildman–Crippen MR) is 59.7 cm³/mol. The van der Waals surface area contributed by atoms with E-state index in [0.717, 1.165) is 19.6 Å². The molecule has 4 nitrogen and oxygen atoms in total. The summed E-state index contributed by atoms with van der Waals surface area (Å²) in [6.07, 6.45) is 0.798. The van der Waals surface area contributed by atoms with Crippen molar-refractivity contribution in [1.82, 2.24) is 10.2 Å². The number of carbonyl (C=O) groups is 1. The van der Waals surface area contributed by atoms with Crippen LogP contribution in [0, 0.1) is 5.92 Å². The van der Waals surface area contributed by atoms with E-state index in [2.05, 4.69) is 19.2 Å². The zero-order chi connectivity index (χ0) is 11.3. The molecule has 1 amide bonds. The fourth-order valence-corrected chi connectivity index (χ4v) is 1.78. The van der Waals surface area contributed by atoms with E-state index in [-0.39, 0.29) is 12.0 Å². The fourth-order valence-electron chi connectivity index (χ4n) is 1.78. The molecular weight excluding hydrogens is 192 g/mol. The maximum absolute atomic E-state index is 11.8.